The summed E-state index contributed by atoms with van der Waals surface area (Å²) in [7, 11) is 1.70. The molecule has 0 fully saturated rings. The summed E-state index contributed by atoms with van der Waals surface area (Å²) < 4.78 is 10.4. The first-order valence-corrected chi connectivity index (χ1v) is 7.91. The largest absolute Gasteiger partial charge is 0.383 e. The number of rotatable bonds is 11. The van der Waals surface area contributed by atoms with Gasteiger partial charge in [-0.1, -0.05) is 17.7 Å². The van der Waals surface area contributed by atoms with E-state index in [0.29, 0.717) is 6.61 Å². The third-order valence-electron chi connectivity index (χ3n) is 3.29. The fourth-order valence-corrected chi connectivity index (χ4v) is 2.30. The summed E-state index contributed by atoms with van der Waals surface area (Å²) in [5, 5.41) is 4.10. The van der Waals surface area contributed by atoms with Crippen molar-refractivity contribution in [3.05, 3.63) is 28.8 Å². The highest BCUT2D eigenvalue weighted by atomic mass is 35.5. The second-order valence-electron chi connectivity index (χ2n) is 4.72. The van der Waals surface area contributed by atoms with Crippen molar-refractivity contribution in [2.45, 2.75) is 20.4 Å². The standard InChI is InChI=1S/C16H27ClN2O2/c1-4-19(9-11-21-5-2)15-7-6-14(16(17)12-15)13-18-8-10-20-3/h6-7,12,18H,4-5,8-11,13H2,1-3H3. The average molecular weight is 315 g/mol. The molecule has 0 aromatic heterocycles. The Balaban J connectivity index is 2.58. The van der Waals surface area contributed by atoms with Gasteiger partial charge in [0.1, 0.15) is 0 Å². The molecular weight excluding hydrogens is 288 g/mol. The minimum Gasteiger partial charge on any atom is -0.383 e. The number of anilines is 1. The van der Waals surface area contributed by atoms with Crippen molar-refractivity contribution < 1.29 is 9.47 Å². The van der Waals surface area contributed by atoms with Gasteiger partial charge in [-0.25, -0.2) is 0 Å². The smallest absolute Gasteiger partial charge is 0.0641 e. The van der Waals surface area contributed by atoms with Crippen LogP contribution in [0.1, 0.15) is 19.4 Å². The first-order valence-electron chi connectivity index (χ1n) is 7.53. The lowest BCUT2D eigenvalue weighted by Gasteiger charge is -2.23. The molecule has 0 amide bonds. The Morgan fingerprint density at radius 3 is 2.67 bits per heavy atom. The molecule has 0 unspecified atom stereocenters. The molecule has 1 aromatic carbocycles. The highest BCUT2D eigenvalue weighted by Gasteiger charge is 2.07. The van der Waals surface area contributed by atoms with E-state index in [9.17, 15) is 0 Å². The molecule has 0 aliphatic rings. The van der Waals surface area contributed by atoms with Gasteiger partial charge in [-0.05, 0) is 31.5 Å². The molecule has 1 N–H and O–H groups in total. The van der Waals surface area contributed by atoms with Gasteiger partial charge in [0.05, 0.1) is 13.2 Å². The maximum absolute atomic E-state index is 6.38. The SMILES string of the molecule is CCOCCN(CC)c1ccc(CNCCOC)c(Cl)c1. The summed E-state index contributed by atoms with van der Waals surface area (Å²) in [6, 6.07) is 6.24. The van der Waals surface area contributed by atoms with Crippen molar-refractivity contribution in [2.24, 2.45) is 0 Å². The Morgan fingerprint density at radius 2 is 2.05 bits per heavy atom. The quantitative estimate of drug-likeness (QED) is 0.637. The first-order chi connectivity index (χ1) is 10.2. The topological polar surface area (TPSA) is 33.7 Å². The van der Waals surface area contributed by atoms with Gasteiger partial charge in [0.15, 0.2) is 0 Å². The van der Waals surface area contributed by atoms with E-state index in [2.05, 4.69) is 29.3 Å². The van der Waals surface area contributed by atoms with Crippen LogP contribution in [0.25, 0.3) is 0 Å². The lowest BCUT2D eigenvalue weighted by atomic mass is 10.2. The van der Waals surface area contributed by atoms with Gasteiger partial charge in [0.25, 0.3) is 0 Å². The van der Waals surface area contributed by atoms with Crippen molar-refractivity contribution in [3.8, 4) is 0 Å². The lowest BCUT2D eigenvalue weighted by Crippen LogP contribution is -2.27. The van der Waals surface area contributed by atoms with Crippen molar-refractivity contribution >= 4 is 17.3 Å². The van der Waals surface area contributed by atoms with Crippen molar-refractivity contribution in [3.63, 3.8) is 0 Å². The van der Waals surface area contributed by atoms with E-state index in [-0.39, 0.29) is 0 Å². The van der Waals surface area contributed by atoms with Crippen LogP contribution in [0.2, 0.25) is 5.02 Å². The summed E-state index contributed by atoms with van der Waals surface area (Å²) >= 11 is 6.38. The van der Waals surface area contributed by atoms with E-state index >= 15 is 0 Å². The van der Waals surface area contributed by atoms with Gasteiger partial charge < -0.3 is 19.7 Å². The number of benzene rings is 1. The Morgan fingerprint density at radius 1 is 1.24 bits per heavy atom. The zero-order valence-corrected chi connectivity index (χ0v) is 14.1. The monoisotopic (exact) mass is 314 g/mol. The molecule has 0 saturated carbocycles. The Hall–Kier alpha value is -0.810. The molecular formula is C16H27ClN2O2. The third-order valence-corrected chi connectivity index (χ3v) is 3.64. The van der Waals surface area contributed by atoms with Crippen LogP contribution in [0.5, 0.6) is 0 Å². The third kappa shape index (κ3) is 6.66. The van der Waals surface area contributed by atoms with E-state index in [1.807, 2.05) is 13.0 Å². The Labute approximate surface area is 133 Å². The maximum atomic E-state index is 6.38. The molecule has 0 bridgehead atoms. The molecule has 21 heavy (non-hydrogen) atoms. The van der Waals surface area contributed by atoms with E-state index < -0.39 is 0 Å². The molecule has 5 heteroatoms. The van der Waals surface area contributed by atoms with Crippen LogP contribution in [0.15, 0.2) is 18.2 Å². The van der Waals surface area contributed by atoms with Crippen LogP contribution in [-0.4, -0.2) is 46.6 Å². The summed E-state index contributed by atoms with van der Waals surface area (Å²) in [5.41, 5.74) is 2.25. The molecule has 0 radical (unpaired) electrons. The minimum absolute atomic E-state index is 0.705. The van der Waals surface area contributed by atoms with Crippen molar-refractivity contribution in [1.29, 1.82) is 0 Å². The van der Waals surface area contributed by atoms with E-state index in [0.717, 1.165) is 55.7 Å². The van der Waals surface area contributed by atoms with E-state index in [1.54, 1.807) is 7.11 Å². The lowest BCUT2D eigenvalue weighted by molar-refractivity contribution is 0.154. The normalized spacial score (nSPS) is 10.9. The molecule has 0 atom stereocenters. The Bertz CT molecular complexity index is 402. The zero-order valence-electron chi connectivity index (χ0n) is 13.3. The van der Waals surface area contributed by atoms with Crippen LogP contribution < -0.4 is 10.2 Å². The van der Waals surface area contributed by atoms with Crippen LogP contribution in [0, 0.1) is 0 Å². The maximum Gasteiger partial charge on any atom is 0.0641 e. The fourth-order valence-electron chi connectivity index (χ4n) is 2.06. The zero-order chi connectivity index (χ0) is 15.5. The fraction of sp³-hybridized carbons (Fsp3) is 0.625. The molecule has 0 saturated heterocycles. The molecule has 0 aliphatic heterocycles. The second kappa shape index (κ2) is 10.9. The number of halogens is 1. The molecule has 1 rings (SSSR count). The van der Waals surface area contributed by atoms with Crippen LogP contribution in [0.4, 0.5) is 5.69 Å². The summed E-state index contributed by atoms with van der Waals surface area (Å²) in [4.78, 5) is 2.27. The number of methoxy groups -OCH3 is 1. The summed E-state index contributed by atoms with van der Waals surface area (Å²) in [6.45, 7) is 9.75. The highest BCUT2D eigenvalue weighted by Crippen LogP contribution is 2.23. The number of hydrogen-bond donors (Lipinski definition) is 1. The number of hydrogen-bond acceptors (Lipinski definition) is 4. The molecule has 0 heterocycles. The van der Waals surface area contributed by atoms with Gasteiger partial charge in [0.2, 0.25) is 0 Å². The highest BCUT2D eigenvalue weighted by molar-refractivity contribution is 6.31. The molecule has 0 spiro atoms. The van der Waals surface area contributed by atoms with Crippen LogP contribution in [0.3, 0.4) is 0 Å². The molecule has 1 aromatic rings. The van der Waals surface area contributed by atoms with Gasteiger partial charge in [-0.3, -0.25) is 0 Å². The minimum atomic E-state index is 0.705. The number of ether oxygens (including phenoxy) is 2. The van der Waals surface area contributed by atoms with Gasteiger partial charge in [0, 0.05) is 50.6 Å². The van der Waals surface area contributed by atoms with Gasteiger partial charge in [-0.2, -0.15) is 0 Å². The van der Waals surface area contributed by atoms with Crippen molar-refractivity contribution in [2.75, 3.05) is 51.5 Å². The molecule has 120 valence electrons. The van der Waals surface area contributed by atoms with Gasteiger partial charge in [-0.15, -0.1) is 0 Å². The predicted octanol–water partition coefficient (Wildman–Crippen LogP) is 2.94. The number of nitrogens with zero attached hydrogens (tertiary/aromatic N) is 1. The number of nitrogens with one attached hydrogen (secondary N) is 1. The average Bonchev–Trinajstić information content (AvgIpc) is 2.49. The Kier molecular flexibility index (Phi) is 9.42. The van der Waals surface area contributed by atoms with Crippen LogP contribution >= 0.6 is 11.6 Å². The van der Waals surface area contributed by atoms with E-state index in [1.165, 1.54) is 0 Å². The summed E-state index contributed by atoms with van der Waals surface area (Å²) in [5.74, 6) is 0. The molecule has 0 aliphatic carbocycles. The van der Waals surface area contributed by atoms with Crippen LogP contribution in [-0.2, 0) is 16.0 Å². The predicted molar refractivity (Wildman–Crippen MR) is 89.4 cm³/mol. The second-order valence-corrected chi connectivity index (χ2v) is 5.13. The molecule has 4 nitrogen and oxygen atoms in total. The summed E-state index contributed by atoms with van der Waals surface area (Å²) in [6.07, 6.45) is 0. The van der Waals surface area contributed by atoms with Gasteiger partial charge >= 0.3 is 0 Å². The number of likely N-dealkylation sites (N-methyl/N-ethyl adjacent to an activating group) is 1. The van der Waals surface area contributed by atoms with Crippen molar-refractivity contribution in [1.82, 2.24) is 5.32 Å². The van der Waals surface area contributed by atoms with E-state index in [4.69, 9.17) is 21.1 Å². The first kappa shape index (κ1) is 18.2.